The van der Waals surface area contributed by atoms with Gasteiger partial charge >= 0.3 is 5.97 Å². The maximum Gasteiger partial charge on any atom is 0.343 e. The van der Waals surface area contributed by atoms with Crippen molar-refractivity contribution in [1.82, 2.24) is 29.8 Å². The maximum atomic E-state index is 12.8. The van der Waals surface area contributed by atoms with Crippen LogP contribution in [0.25, 0.3) is 16.9 Å². The lowest BCUT2D eigenvalue weighted by Gasteiger charge is -2.19. The normalized spacial score (nSPS) is 16.8. The van der Waals surface area contributed by atoms with Gasteiger partial charge in [0, 0.05) is 32.1 Å². The van der Waals surface area contributed by atoms with E-state index in [0.717, 1.165) is 31.5 Å². The monoisotopic (exact) mass is 407 g/mol. The first-order valence-corrected chi connectivity index (χ1v) is 9.94. The van der Waals surface area contributed by atoms with Crippen molar-refractivity contribution in [3.05, 3.63) is 41.7 Å². The van der Waals surface area contributed by atoms with Gasteiger partial charge in [-0.25, -0.2) is 19.8 Å². The molecule has 1 atom stereocenters. The van der Waals surface area contributed by atoms with E-state index in [9.17, 15) is 4.79 Å². The first-order valence-electron chi connectivity index (χ1n) is 9.94. The zero-order valence-corrected chi connectivity index (χ0v) is 17.4. The van der Waals surface area contributed by atoms with Crippen molar-refractivity contribution in [2.45, 2.75) is 18.8 Å². The summed E-state index contributed by atoms with van der Waals surface area (Å²) < 4.78 is 6.62. The van der Waals surface area contributed by atoms with E-state index in [4.69, 9.17) is 9.72 Å². The Bertz CT molecular complexity index is 1070. The Kier molecular flexibility index (Phi) is 5.71. The Morgan fingerprint density at radius 3 is 2.77 bits per heavy atom. The highest BCUT2D eigenvalue weighted by atomic mass is 16.5. The van der Waals surface area contributed by atoms with Gasteiger partial charge in [0.2, 0.25) is 0 Å². The van der Waals surface area contributed by atoms with Crippen LogP contribution in [0, 0.1) is 0 Å². The number of methoxy groups -OCH3 is 1. The molecule has 30 heavy (non-hydrogen) atoms. The van der Waals surface area contributed by atoms with Gasteiger partial charge in [0.25, 0.3) is 5.95 Å². The predicted molar refractivity (Wildman–Crippen MR) is 114 cm³/mol. The van der Waals surface area contributed by atoms with Crippen LogP contribution in [0.15, 0.2) is 35.3 Å². The third-order valence-electron chi connectivity index (χ3n) is 4.99. The highest BCUT2D eigenvalue weighted by Gasteiger charge is 2.27. The average molecular weight is 407 g/mol. The fourth-order valence-electron chi connectivity index (χ4n) is 3.53. The number of hydrogen-bond acceptors (Lipinski definition) is 7. The molecule has 1 N–H and O–H groups in total. The van der Waals surface area contributed by atoms with Gasteiger partial charge in [0.05, 0.1) is 19.1 Å². The number of aromatic nitrogens is 4. The zero-order chi connectivity index (χ0) is 21.1. The van der Waals surface area contributed by atoms with Crippen LogP contribution in [-0.2, 0) is 4.74 Å². The number of esters is 1. The number of rotatable bonds is 5. The van der Waals surface area contributed by atoms with Gasteiger partial charge in [-0.15, -0.1) is 5.10 Å². The molecule has 0 unspecified atom stereocenters. The Morgan fingerprint density at radius 2 is 2.10 bits per heavy atom. The Morgan fingerprint density at radius 1 is 1.30 bits per heavy atom. The summed E-state index contributed by atoms with van der Waals surface area (Å²) in [6.45, 7) is 1.80. The van der Waals surface area contributed by atoms with Crippen LogP contribution in [0.2, 0.25) is 0 Å². The second kappa shape index (κ2) is 8.58. The molecule has 1 aliphatic heterocycles. The highest BCUT2D eigenvalue weighted by molar-refractivity contribution is 6.02. The smallest absolute Gasteiger partial charge is 0.343 e. The molecular weight excluding hydrogens is 382 g/mol. The molecule has 1 fully saturated rings. The molecule has 1 saturated heterocycles. The SMILES string of the molecule is COC(=O)c1c(-c2ccccc2)nc(/N=C/N(C)C)n2nc([C@@H]3CCCNC3)nc12. The topological polar surface area (TPSA) is 97.0 Å². The number of ether oxygens (including phenoxy) is 1. The van der Waals surface area contributed by atoms with E-state index < -0.39 is 5.97 Å². The molecule has 156 valence electrons. The number of benzene rings is 1. The van der Waals surface area contributed by atoms with E-state index in [1.807, 2.05) is 49.3 Å². The molecule has 0 radical (unpaired) electrons. The molecule has 3 heterocycles. The van der Waals surface area contributed by atoms with Gasteiger partial charge in [0.15, 0.2) is 11.5 Å². The van der Waals surface area contributed by atoms with Crippen molar-refractivity contribution < 1.29 is 9.53 Å². The lowest BCUT2D eigenvalue weighted by Crippen LogP contribution is -2.29. The standard InChI is InChI=1S/C21H25N7O2/c1-27(2)13-23-21-24-17(14-8-5-4-6-9-14)16(20(29)30-3)19-25-18(26-28(19)21)15-10-7-11-22-12-15/h4-6,8-9,13,15,22H,7,10-12H2,1-3H3/b23-13+/t15-/m1/s1. The van der Waals surface area contributed by atoms with Gasteiger partial charge in [-0.3, -0.25) is 0 Å². The second-order valence-electron chi connectivity index (χ2n) is 7.45. The first kappa shape index (κ1) is 20.0. The molecule has 9 heteroatoms. The van der Waals surface area contributed by atoms with Crippen molar-refractivity contribution in [2.75, 3.05) is 34.3 Å². The number of carbonyl (C=O) groups is 1. The largest absolute Gasteiger partial charge is 0.465 e. The fourth-order valence-corrected chi connectivity index (χ4v) is 3.53. The maximum absolute atomic E-state index is 12.8. The molecule has 0 spiro atoms. The molecule has 3 aromatic rings. The van der Waals surface area contributed by atoms with E-state index in [0.29, 0.717) is 23.1 Å². The minimum absolute atomic E-state index is 0.176. The van der Waals surface area contributed by atoms with Gasteiger partial charge in [-0.2, -0.15) is 4.52 Å². The van der Waals surface area contributed by atoms with Gasteiger partial charge in [-0.05, 0) is 19.4 Å². The van der Waals surface area contributed by atoms with Crippen LogP contribution in [0.3, 0.4) is 0 Å². The van der Waals surface area contributed by atoms with Crippen molar-refractivity contribution in [3.63, 3.8) is 0 Å². The minimum atomic E-state index is -0.504. The molecule has 9 nitrogen and oxygen atoms in total. The lowest BCUT2D eigenvalue weighted by molar-refractivity contribution is 0.0602. The summed E-state index contributed by atoms with van der Waals surface area (Å²) >= 11 is 0. The molecule has 1 aliphatic rings. The molecule has 0 bridgehead atoms. The zero-order valence-electron chi connectivity index (χ0n) is 17.4. The molecule has 1 aromatic carbocycles. The first-order chi connectivity index (χ1) is 14.6. The van der Waals surface area contributed by atoms with Gasteiger partial charge in [-0.1, -0.05) is 30.3 Å². The predicted octanol–water partition coefficient (Wildman–Crippen LogP) is 2.27. The van der Waals surface area contributed by atoms with Crippen LogP contribution in [0.5, 0.6) is 0 Å². The number of piperidine rings is 1. The fraction of sp³-hybridized carbons (Fsp3) is 0.381. The number of fused-ring (bicyclic) bond motifs is 1. The number of nitrogens with zero attached hydrogens (tertiary/aromatic N) is 6. The van der Waals surface area contributed by atoms with E-state index in [1.54, 1.807) is 10.9 Å². The molecule has 0 saturated carbocycles. The van der Waals surface area contributed by atoms with Gasteiger partial charge < -0.3 is 15.0 Å². The Hall–Kier alpha value is -3.33. The third-order valence-corrected chi connectivity index (χ3v) is 4.99. The molecule has 0 amide bonds. The summed E-state index contributed by atoms with van der Waals surface area (Å²) in [6, 6.07) is 9.50. The highest BCUT2D eigenvalue weighted by Crippen LogP contribution is 2.30. The number of nitrogens with one attached hydrogen (secondary N) is 1. The lowest BCUT2D eigenvalue weighted by atomic mass is 9.99. The third kappa shape index (κ3) is 3.88. The van der Waals surface area contributed by atoms with Crippen LogP contribution in [0.4, 0.5) is 5.95 Å². The van der Waals surface area contributed by atoms with Crippen molar-refractivity contribution in [2.24, 2.45) is 4.99 Å². The Labute approximate surface area is 174 Å². The number of aliphatic imine (C=N–C) groups is 1. The van der Waals surface area contributed by atoms with Crippen LogP contribution in [-0.4, -0.2) is 71.1 Å². The summed E-state index contributed by atoms with van der Waals surface area (Å²) in [4.78, 5) is 28.5. The number of carbonyl (C=O) groups excluding carboxylic acids is 1. The Balaban J connectivity index is 1.98. The van der Waals surface area contributed by atoms with E-state index in [1.165, 1.54) is 7.11 Å². The quantitative estimate of drug-likeness (QED) is 0.394. The van der Waals surface area contributed by atoms with Crippen LogP contribution in [0.1, 0.15) is 34.9 Å². The molecule has 2 aromatic heterocycles. The van der Waals surface area contributed by atoms with E-state index in [-0.39, 0.29) is 11.5 Å². The molecule has 0 aliphatic carbocycles. The van der Waals surface area contributed by atoms with Crippen molar-refractivity contribution in [1.29, 1.82) is 0 Å². The average Bonchev–Trinajstić information content (AvgIpc) is 3.23. The van der Waals surface area contributed by atoms with Gasteiger partial charge in [0.1, 0.15) is 5.56 Å². The summed E-state index contributed by atoms with van der Waals surface area (Å²) in [6.07, 6.45) is 3.70. The van der Waals surface area contributed by atoms with E-state index >= 15 is 0 Å². The summed E-state index contributed by atoms with van der Waals surface area (Å²) in [5.74, 6) is 0.707. The summed E-state index contributed by atoms with van der Waals surface area (Å²) in [5, 5.41) is 8.07. The summed E-state index contributed by atoms with van der Waals surface area (Å²) in [5.41, 5.74) is 1.95. The molecular formula is C21H25N7O2. The number of hydrogen-bond donors (Lipinski definition) is 1. The molecule has 4 rings (SSSR count). The summed E-state index contributed by atoms with van der Waals surface area (Å²) in [7, 11) is 5.11. The van der Waals surface area contributed by atoms with Crippen molar-refractivity contribution in [3.8, 4) is 11.3 Å². The van der Waals surface area contributed by atoms with Crippen LogP contribution < -0.4 is 5.32 Å². The van der Waals surface area contributed by atoms with Crippen LogP contribution >= 0.6 is 0 Å². The second-order valence-corrected chi connectivity index (χ2v) is 7.45. The van der Waals surface area contributed by atoms with E-state index in [2.05, 4.69) is 20.4 Å². The minimum Gasteiger partial charge on any atom is -0.465 e. The van der Waals surface area contributed by atoms with Crippen molar-refractivity contribution >= 4 is 23.9 Å².